The van der Waals surface area contributed by atoms with Crippen molar-refractivity contribution in [3.63, 3.8) is 0 Å². The van der Waals surface area contributed by atoms with Crippen LogP contribution in [0.25, 0.3) is 0 Å². The minimum atomic E-state index is 0.267. The third-order valence-electron chi connectivity index (χ3n) is 4.33. The van der Waals surface area contributed by atoms with Crippen molar-refractivity contribution in [1.82, 2.24) is 5.32 Å². The van der Waals surface area contributed by atoms with Crippen LogP contribution >= 0.6 is 23.8 Å². The third-order valence-corrected chi connectivity index (χ3v) is 4.95. The van der Waals surface area contributed by atoms with Gasteiger partial charge >= 0.3 is 0 Å². The molecule has 6 heteroatoms. The molecule has 0 radical (unpaired) electrons. The smallest absolute Gasteiger partial charge is 0.231 e. The molecule has 0 spiro atoms. The molecule has 0 aliphatic carbocycles. The van der Waals surface area contributed by atoms with E-state index in [0.29, 0.717) is 23.2 Å². The summed E-state index contributed by atoms with van der Waals surface area (Å²) in [5, 5.41) is 4.00. The number of nitrogens with one attached hydrogen (secondary N) is 1. The first kappa shape index (κ1) is 18.6. The molecule has 0 saturated heterocycles. The maximum atomic E-state index is 5.99. The number of hydrogen-bond acceptors (Lipinski definition) is 4. The predicted molar refractivity (Wildman–Crippen MR) is 113 cm³/mol. The highest BCUT2D eigenvalue weighted by Crippen LogP contribution is 2.32. The highest BCUT2D eigenvalue weighted by Gasteiger charge is 2.14. The van der Waals surface area contributed by atoms with Gasteiger partial charge in [-0.1, -0.05) is 54.2 Å². The number of benzene rings is 3. The Bertz CT molecular complexity index is 991. The van der Waals surface area contributed by atoms with E-state index in [4.69, 9.17) is 38.0 Å². The van der Waals surface area contributed by atoms with Gasteiger partial charge in [-0.2, -0.15) is 0 Å². The van der Waals surface area contributed by atoms with Gasteiger partial charge in [-0.05, 0) is 47.5 Å². The minimum Gasteiger partial charge on any atom is -0.488 e. The van der Waals surface area contributed by atoms with Gasteiger partial charge in [-0.15, -0.1) is 0 Å². The molecule has 3 aromatic carbocycles. The van der Waals surface area contributed by atoms with Crippen molar-refractivity contribution in [2.75, 3.05) is 6.79 Å². The van der Waals surface area contributed by atoms with E-state index >= 15 is 0 Å². The van der Waals surface area contributed by atoms with E-state index < -0.39 is 0 Å². The molecule has 4 nitrogen and oxygen atoms in total. The predicted octanol–water partition coefficient (Wildman–Crippen LogP) is 5.11. The first-order chi connectivity index (χ1) is 13.7. The van der Waals surface area contributed by atoms with Gasteiger partial charge in [0.2, 0.25) is 6.79 Å². The molecule has 1 N–H and O–H groups in total. The minimum absolute atomic E-state index is 0.267. The van der Waals surface area contributed by atoms with Gasteiger partial charge in [-0.3, -0.25) is 0 Å². The van der Waals surface area contributed by atoms with Crippen LogP contribution < -0.4 is 19.5 Å². The van der Waals surface area contributed by atoms with Crippen molar-refractivity contribution in [3.05, 3.63) is 88.4 Å². The van der Waals surface area contributed by atoms with Crippen molar-refractivity contribution >= 4 is 28.8 Å². The maximum Gasteiger partial charge on any atom is 0.231 e. The third kappa shape index (κ3) is 4.38. The molecule has 0 aromatic heterocycles. The van der Waals surface area contributed by atoms with E-state index in [1.165, 1.54) is 0 Å². The average Bonchev–Trinajstić information content (AvgIpc) is 3.20. The lowest BCUT2D eigenvalue weighted by atomic mass is 10.1. The fourth-order valence-electron chi connectivity index (χ4n) is 2.85. The zero-order chi connectivity index (χ0) is 19.3. The Balaban J connectivity index is 1.40. The molecule has 4 rings (SSSR count). The summed E-state index contributed by atoms with van der Waals surface area (Å²) >= 11 is 11.5. The van der Waals surface area contributed by atoms with Crippen molar-refractivity contribution < 1.29 is 14.2 Å². The lowest BCUT2D eigenvalue weighted by Gasteiger charge is -2.14. The molecule has 0 fully saturated rings. The van der Waals surface area contributed by atoms with Gasteiger partial charge in [0.1, 0.15) is 17.3 Å². The number of hydrogen-bond donors (Lipinski definition) is 1. The lowest BCUT2D eigenvalue weighted by Crippen LogP contribution is -2.22. The summed E-state index contributed by atoms with van der Waals surface area (Å²) in [6, 6.07) is 21.2. The highest BCUT2D eigenvalue weighted by atomic mass is 35.5. The Morgan fingerprint density at radius 2 is 1.71 bits per heavy atom. The molecular weight excluding hydrogens is 394 g/mol. The van der Waals surface area contributed by atoms with Crippen LogP contribution in [0.1, 0.15) is 16.7 Å². The molecule has 0 saturated carbocycles. The van der Waals surface area contributed by atoms with E-state index in [9.17, 15) is 0 Å². The Labute approximate surface area is 174 Å². The molecule has 3 aromatic rings. The summed E-state index contributed by atoms with van der Waals surface area (Å²) in [5.74, 6) is 2.27. The van der Waals surface area contributed by atoms with Crippen LogP contribution in [0.15, 0.2) is 66.7 Å². The SMILES string of the molecule is S=C(NCc1ccc2c(c1)OCO2)c1ccccc1OCc1ccc(Cl)cc1. The summed E-state index contributed by atoms with van der Waals surface area (Å²) in [6.07, 6.45) is 0. The Kier molecular flexibility index (Phi) is 5.65. The Hall–Kier alpha value is -2.76. The first-order valence-electron chi connectivity index (χ1n) is 8.82. The summed E-state index contributed by atoms with van der Waals surface area (Å²) in [4.78, 5) is 0.629. The molecule has 142 valence electrons. The second kappa shape index (κ2) is 8.50. The Morgan fingerprint density at radius 3 is 2.57 bits per heavy atom. The normalized spacial score (nSPS) is 11.9. The molecule has 28 heavy (non-hydrogen) atoms. The van der Waals surface area contributed by atoms with Crippen LogP contribution in [0.3, 0.4) is 0 Å². The van der Waals surface area contributed by atoms with E-state index in [2.05, 4.69) is 5.32 Å². The monoisotopic (exact) mass is 411 g/mol. The second-order valence-corrected chi connectivity index (χ2v) is 7.13. The Morgan fingerprint density at radius 1 is 0.964 bits per heavy atom. The van der Waals surface area contributed by atoms with Crippen molar-refractivity contribution in [3.8, 4) is 17.2 Å². The van der Waals surface area contributed by atoms with E-state index in [1.54, 1.807) is 0 Å². The van der Waals surface area contributed by atoms with Crippen molar-refractivity contribution in [1.29, 1.82) is 0 Å². The van der Waals surface area contributed by atoms with Crippen LogP contribution in [0.4, 0.5) is 0 Å². The van der Waals surface area contributed by atoms with Gasteiger partial charge in [0.15, 0.2) is 11.5 Å². The standard InChI is InChI=1S/C22H18ClNO3S/c23-17-8-5-15(6-9-17)13-25-19-4-2-1-3-18(19)22(28)24-12-16-7-10-20-21(11-16)27-14-26-20/h1-11H,12-14H2,(H,24,28). The summed E-state index contributed by atoms with van der Waals surface area (Å²) in [5.41, 5.74) is 2.96. The number of para-hydroxylation sites is 1. The number of rotatable bonds is 6. The average molecular weight is 412 g/mol. The molecule has 1 aliphatic heterocycles. The van der Waals surface area contributed by atoms with Crippen LogP contribution in [0.5, 0.6) is 17.2 Å². The fraction of sp³-hybridized carbons (Fsp3) is 0.136. The van der Waals surface area contributed by atoms with Crippen LogP contribution in [-0.4, -0.2) is 11.8 Å². The summed E-state index contributed by atoms with van der Waals surface area (Å²) < 4.78 is 16.8. The second-order valence-electron chi connectivity index (χ2n) is 6.28. The van der Waals surface area contributed by atoms with Crippen LogP contribution in [0.2, 0.25) is 5.02 Å². The van der Waals surface area contributed by atoms with Crippen molar-refractivity contribution in [2.24, 2.45) is 0 Å². The fourth-order valence-corrected chi connectivity index (χ4v) is 3.22. The van der Waals surface area contributed by atoms with Crippen LogP contribution in [-0.2, 0) is 13.2 Å². The van der Waals surface area contributed by atoms with Gasteiger partial charge in [-0.25, -0.2) is 0 Å². The zero-order valence-corrected chi connectivity index (χ0v) is 16.6. The number of ether oxygens (including phenoxy) is 3. The highest BCUT2D eigenvalue weighted by molar-refractivity contribution is 7.80. The van der Waals surface area contributed by atoms with Crippen LogP contribution in [0, 0.1) is 0 Å². The molecule has 0 amide bonds. The topological polar surface area (TPSA) is 39.7 Å². The summed E-state index contributed by atoms with van der Waals surface area (Å²) in [7, 11) is 0. The molecule has 1 aliphatic rings. The number of thiocarbonyl (C=S) groups is 1. The van der Waals surface area contributed by atoms with Gasteiger partial charge in [0, 0.05) is 11.6 Å². The first-order valence-corrected chi connectivity index (χ1v) is 9.61. The molecule has 0 bridgehead atoms. The number of fused-ring (bicyclic) bond motifs is 1. The van der Waals surface area contributed by atoms with Gasteiger partial charge in [0.25, 0.3) is 0 Å². The molecule has 1 heterocycles. The van der Waals surface area contributed by atoms with E-state index in [1.807, 2.05) is 66.7 Å². The quantitative estimate of drug-likeness (QED) is 0.570. The largest absolute Gasteiger partial charge is 0.488 e. The maximum absolute atomic E-state index is 5.99. The summed E-state index contributed by atoms with van der Waals surface area (Å²) in [6.45, 7) is 1.29. The van der Waals surface area contributed by atoms with E-state index in [-0.39, 0.29) is 6.79 Å². The molecular formula is C22H18ClNO3S. The van der Waals surface area contributed by atoms with E-state index in [0.717, 1.165) is 33.9 Å². The van der Waals surface area contributed by atoms with Crippen molar-refractivity contribution in [2.45, 2.75) is 13.2 Å². The lowest BCUT2D eigenvalue weighted by molar-refractivity contribution is 0.174. The zero-order valence-electron chi connectivity index (χ0n) is 15.0. The van der Waals surface area contributed by atoms with Gasteiger partial charge in [0.05, 0.1) is 5.56 Å². The van der Waals surface area contributed by atoms with Gasteiger partial charge < -0.3 is 19.5 Å². The number of halogens is 1. The molecule has 0 atom stereocenters. The molecule has 0 unspecified atom stereocenters.